The molecule has 1 aliphatic rings. The van der Waals surface area contributed by atoms with Gasteiger partial charge < -0.3 is 34.1 Å². The molecule has 9 nitrogen and oxygen atoms in total. The molecule has 0 spiro atoms. The maximum atomic E-state index is 12.8. The number of nitrogens with zero attached hydrogens (tertiary/aromatic N) is 2. The summed E-state index contributed by atoms with van der Waals surface area (Å²) < 4.78 is 16.0. The van der Waals surface area contributed by atoms with Crippen LogP contribution in [0.5, 0.6) is 11.5 Å². The third-order valence-corrected chi connectivity index (χ3v) is 5.13. The number of carbonyl (C=O) groups is 3. The van der Waals surface area contributed by atoms with E-state index in [0.29, 0.717) is 37.4 Å². The Balaban J connectivity index is 2.00. The fourth-order valence-electron chi connectivity index (χ4n) is 3.33. The maximum absolute atomic E-state index is 12.8. The zero-order valence-corrected chi connectivity index (χ0v) is 19.2. The number of methoxy groups -OCH3 is 2. The third kappa shape index (κ3) is 6.50. The van der Waals surface area contributed by atoms with Crippen LogP contribution in [0.1, 0.15) is 39.2 Å². The Kier molecular flexibility index (Phi) is 7.75. The molecule has 0 aliphatic carbocycles. The van der Waals surface area contributed by atoms with Gasteiger partial charge in [0.2, 0.25) is 0 Å². The summed E-state index contributed by atoms with van der Waals surface area (Å²) in [6.07, 6.45) is 0.980. The largest absolute Gasteiger partial charge is 0.497 e. The normalized spacial score (nSPS) is 15.6. The van der Waals surface area contributed by atoms with Crippen molar-refractivity contribution in [3.63, 3.8) is 0 Å². The second-order valence-corrected chi connectivity index (χ2v) is 8.71. The molecule has 172 valence electrons. The number of rotatable bonds is 6. The average molecular weight is 436 g/mol. The SMILES string of the molecule is COc1ccc(OC)c(CN(C)C(=O)NC2(C=O)CCN(C(=O)OC(C)(C)C)CC2)c1. The standard InChI is InChI=1S/C22H33N3O6/c1-21(2,3)31-20(28)25-11-9-22(15-26,10-12-25)23-19(27)24(4)14-16-13-17(29-5)7-8-18(16)30-6/h7-8,13,15H,9-12,14H2,1-6H3,(H,23,27). The Labute approximate surface area is 183 Å². The minimum atomic E-state index is -1.03. The fourth-order valence-corrected chi connectivity index (χ4v) is 3.33. The molecule has 0 radical (unpaired) electrons. The molecule has 1 aromatic carbocycles. The Morgan fingerprint density at radius 2 is 1.84 bits per heavy atom. The van der Waals surface area contributed by atoms with Crippen LogP contribution < -0.4 is 14.8 Å². The van der Waals surface area contributed by atoms with Crippen LogP contribution in [0.4, 0.5) is 9.59 Å². The molecule has 2 rings (SSSR count). The number of aldehydes is 1. The number of hydrogen-bond donors (Lipinski definition) is 1. The highest BCUT2D eigenvalue weighted by Crippen LogP contribution is 2.26. The predicted octanol–water partition coefficient (Wildman–Crippen LogP) is 2.81. The molecule has 1 N–H and O–H groups in total. The summed E-state index contributed by atoms with van der Waals surface area (Å²) in [4.78, 5) is 40.0. The molecule has 1 aromatic rings. The summed E-state index contributed by atoms with van der Waals surface area (Å²) in [5.74, 6) is 1.29. The molecular weight excluding hydrogens is 402 g/mol. The molecular formula is C22H33N3O6. The summed E-state index contributed by atoms with van der Waals surface area (Å²) in [5, 5.41) is 2.84. The highest BCUT2D eigenvalue weighted by Gasteiger charge is 2.38. The number of carbonyl (C=O) groups excluding carboxylic acids is 3. The highest BCUT2D eigenvalue weighted by molar-refractivity contribution is 5.81. The van der Waals surface area contributed by atoms with Gasteiger partial charge >= 0.3 is 12.1 Å². The van der Waals surface area contributed by atoms with E-state index < -0.39 is 17.2 Å². The van der Waals surface area contributed by atoms with Gasteiger partial charge in [0.05, 0.1) is 20.8 Å². The van der Waals surface area contributed by atoms with Crippen LogP contribution in [0, 0.1) is 0 Å². The van der Waals surface area contributed by atoms with Crippen molar-refractivity contribution in [3.05, 3.63) is 23.8 Å². The molecule has 0 aromatic heterocycles. The Bertz CT molecular complexity index is 797. The van der Waals surface area contributed by atoms with Crippen LogP contribution >= 0.6 is 0 Å². The van der Waals surface area contributed by atoms with E-state index in [1.165, 1.54) is 4.90 Å². The van der Waals surface area contributed by atoms with Crippen LogP contribution in [0.15, 0.2) is 18.2 Å². The zero-order valence-electron chi connectivity index (χ0n) is 19.2. The number of benzene rings is 1. The monoisotopic (exact) mass is 435 g/mol. The first kappa shape index (κ1) is 24.3. The quantitative estimate of drug-likeness (QED) is 0.690. The molecule has 3 amide bonds. The van der Waals surface area contributed by atoms with Crippen molar-refractivity contribution < 1.29 is 28.6 Å². The number of urea groups is 1. The van der Waals surface area contributed by atoms with E-state index >= 15 is 0 Å². The highest BCUT2D eigenvalue weighted by atomic mass is 16.6. The molecule has 0 bridgehead atoms. The summed E-state index contributed by atoms with van der Waals surface area (Å²) in [5.41, 5.74) is -0.837. The smallest absolute Gasteiger partial charge is 0.410 e. The van der Waals surface area contributed by atoms with Gasteiger partial charge in [-0.1, -0.05) is 0 Å². The summed E-state index contributed by atoms with van der Waals surface area (Å²) in [7, 11) is 4.77. The van der Waals surface area contributed by atoms with Gasteiger partial charge in [-0.3, -0.25) is 0 Å². The number of nitrogens with one attached hydrogen (secondary N) is 1. The molecule has 1 saturated heterocycles. The van der Waals surface area contributed by atoms with Crippen LogP contribution in [-0.4, -0.2) is 73.7 Å². The Morgan fingerprint density at radius 1 is 1.19 bits per heavy atom. The first-order valence-electron chi connectivity index (χ1n) is 10.2. The lowest BCUT2D eigenvalue weighted by molar-refractivity contribution is -0.114. The maximum Gasteiger partial charge on any atom is 0.410 e. The summed E-state index contributed by atoms with van der Waals surface area (Å²) in [6, 6.07) is 4.97. The fraction of sp³-hybridized carbons (Fsp3) is 0.591. The first-order valence-corrected chi connectivity index (χ1v) is 10.2. The van der Waals surface area contributed by atoms with Gasteiger partial charge in [-0.05, 0) is 51.8 Å². The van der Waals surface area contributed by atoms with Crippen LogP contribution in [0.2, 0.25) is 0 Å². The molecule has 0 saturated carbocycles. The number of amides is 3. The van der Waals surface area contributed by atoms with Crippen molar-refractivity contribution in [2.75, 3.05) is 34.4 Å². The Morgan fingerprint density at radius 3 is 2.35 bits per heavy atom. The third-order valence-electron chi connectivity index (χ3n) is 5.13. The van der Waals surface area contributed by atoms with Gasteiger partial charge in [-0.2, -0.15) is 0 Å². The number of ether oxygens (including phenoxy) is 3. The number of hydrogen-bond acceptors (Lipinski definition) is 6. The molecule has 0 unspecified atom stereocenters. The lowest BCUT2D eigenvalue weighted by Gasteiger charge is -2.39. The van der Waals surface area contributed by atoms with Crippen LogP contribution in [0.25, 0.3) is 0 Å². The van der Waals surface area contributed by atoms with Crippen molar-refractivity contribution in [3.8, 4) is 11.5 Å². The molecule has 31 heavy (non-hydrogen) atoms. The lowest BCUT2D eigenvalue weighted by atomic mass is 9.89. The van der Waals surface area contributed by atoms with E-state index in [1.807, 2.05) is 0 Å². The van der Waals surface area contributed by atoms with E-state index in [2.05, 4.69) is 5.32 Å². The van der Waals surface area contributed by atoms with Gasteiger partial charge in [0.1, 0.15) is 28.9 Å². The minimum Gasteiger partial charge on any atom is -0.497 e. The van der Waals surface area contributed by atoms with Crippen LogP contribution in [0.3, 0.4) is 0 Å². The van der Waals surface area contributed by atoms with Gasteiger partial charge in [-0.15, -0.1) is 0 Å². The van der Waals surface area contributed by atoms with Crippen molar-refractivity contribution >= 4 is 18.4 Å². The molecule has 9 heteroatoms. The van der Waals surface area contributed by atoms with E-state index in [1.54, 1.807) is 65.1 Å². The van der Waals surface area contributed by atoms with Crippen LogP contribution in [-0.2, 0) is 16.1 Å². The van der Waals surface area contributed by atoms with Crippen molar-refractivity contribution in [1.82, 2.24) is 15.1 Å². The lowest BCUT2D eigenvalue weighted by Crippen LogP contribution is -2.59. The van der Waals surface area contributed by atoms with Gasteiger partial charge in [0.15, 0.2) is 0 Å². The van der Waals surface area contributed by atoms with Crippen molar-refractivity contribution in [2.45, 2.75) is 51.3 Å². The molecule has 1 fully saturated rings. The number of piperidine rings is 1. The van der Waals surface area contributed by atoms with E-state index in [9.17, 15) is 14.4 Å². The first-order chi connectivity index (χ1) is 14.5. The second kappa shape index (κ2) is 9.89. The predicted molar refractivity (Wildman–Crippen MR) is 115 cm³/mol. The van der Waals surface area contributed by atoms with Crippen molar-refractivity contribution in [1.29, 1.82) is 0 Å². The molecule has 1 aliphatic heterocycles. The summed E-state index contributed by atoms with van der Waals surface area (Å²) in [6.45, 7) is 6.32. The van der Waals surface area contributed by atoms with Gasteiger partial charge in [-0.25, -0.2) is 9.59 Å². The average Bonchev–Trinajstić information content (AvgIpc) is 2.72. The molecule has 0 atom stereocenters. The zero-order chi connectivity index (χ0) is 23.2. The van der Waals surface area contributed by atoms with E-state index in [0.717, 1.165) is 11.8 Å². The topological polar surface area (TPSA) is 97.4 Å². The summed E-state index contributed by atoms with van der Waals surface area (Å²) >= 11 is 0. The Hall–Kier alpha value is -2.97. The van der Waals surface area contributed by atoms with Gasteiger partial charge in [0.25, 0.3) is 0 Å². The van der Waals surface area contributed by atoms with E-state index in [-0.39, 0.29) is 12.6 Å². The molecule has 1 heterocycles. The minimum absolute atomic E-state index is 0.269. The number of likely N-dealkylation sites (tertiary alicyclic amines) is 1. The second-order valence-electron chi connectivity index (χ2n) is 8.71. The van der Waals surface area contributed by atoms with E-state index in [4.69, 9.17) is 14.2 Å². The van der Waals surface area contributed by atoms with Crippen molar-refractivity contribution in [2.24, 2.45) is 0 Å². The van der Waals surface area contributed by atoms with Gasteiger partial charge in [0, 0.05) is 25.7 Å².